The smallest absolute Gasteiger partial charge is 0.478 e. The Kier molecular flexibility index (Phi) is 10.9. The molecule has 0 atom stereocenters. The van der Waals surface area contributed by atoms with E-state index in [-0.39, 0.29) is 63.7 Å². The average molecular weight is 414 g/mol. The standard InChI is InChI=1S/C8H6O7S.2CH3.Ba/c9-7(10)4-1-5(8(11)12)3-6(2-4)16(13,14)15;;;/h1-3H,(H,9,10)(H,11,12)(H,13,14,15);2*1H3;/q;2*-1;+2. The van der Waals surface area contributed by atoms with E-state index >= 15 is 0 Å². The third kappa shape index (κ3) is 6.56. The Hall–Kier alpha value is -0.359. The van der Waals surface area contributed by atoms with E-state index in [2.05, 4.69) is 0 Å². The van der Waals surface area contributed by atoms with Gasteiger partial charge in [0.15, 0.2) is 0 Å². The van der Waals surface area contributed by atoms with Crippen molar-refractivity contribution >= 4 is 70.9 Å². The first kappa shape index (κ1) is 23.7. The van der Waals surface area contributed by atoms with Gasteiger partial charge in [0, 0.05) is 0 Å². The number of hydrogen-bond donors (Lipinski definition) is 3. The first-order valence-corrected chi connectivity index (χ1v) is 5.25. The molecule has 0 spiro atoms. The van der Waals surface area contributed by atoms with Crippen LogP contribution in [0, 0.1) is 14.9 Å². The van der Waals surface area contributed by atoms with Crippen LogP contribution >= 0.6 is 0 Å². The first-order chi connectivity index (χ1) is 7.21. The number of rotatable bonds is 3. The minimum Gasteiger partial charge on any atom is -0.478 e. The van der Waals surface area contributed by atoms with E-state index in [9.17, 15) is 18.0 Å². The minimum absolute atomic E-state index is 0. The van der Waals surface area contributed by atoms with E-state index in [1.54, 1.807) is 0 Å². The molecule has 102 valence electrons. The fraction of sp³-hybridized carbons (Fsp3) is 0. The zero-order valence-electron chi connectivity index (χ0n) is 10.3. The van der Waals surface area contributed by atoms with Gasteiger partial charge in [-0.2, -0.15) is 8.42 Å². The van der Waals surface area contributed by atoms with Gasteiger partial charge >= 0.3 is 60.8 Å². The SMILES string of the molecule is O=C(O)c1cc(C(=O)O)cc(S(=O)(=O)O)c1.[Ba+2].[CH3-].[CH3-]. The summed E-state index contributed by atoms with van der Waals surface area (Å²) in [6.45, 7) is 0. The Labute approximate surface area is 151 Å². The van der Waals surface area contributed by atoms with E-state index < -0.39 is 38.1 Å². The zero-order valence-corrected chi connectivity index (χ0v) is 15.6. The van der Waals surface area contributed by atoms with E-state index in [0.29, 0.717) is 12.1 Å². The van der Waals surface area contributed by atoms with Gasteiger partial charge in [0.1, 0.15) is 0 Å². The molecule has 0 bridgehead atoms. The van der Waals surface area contributed by atoms with Crippen LogP contribution in [0.15, 0.2) is 23.1 Å². The van der Waals surface area contributed by atoms with E-state index in [0.717, 1.165) is 6.07 Å². The number of carboxylic acid groups (broad SMARTS) is 2. The summed E-state index contributed by atoms with van der Waals surface area (Å²) in [7, 11) is -4.64. The van der Waals surface area contributed by atoms with Crippen molar-refractivity contribution in [3.05, 3.63) is 44.2 Å². The van der Waals surface area contributed by atoms with Crippen molar-refractivity contribution in [3.8, 4) is 0 Å². The molecule has 3 N–H and O–H groups in total. The van der Waals surface area contributed by atoms with Crippen LogP contribution in [0.1, 0.15) is 20.7 Å². The number of hydrogen-bond acceptors (Lipinski definition) is 4. The van der Waals surface area contributed by atoms with Crippen LogP contribution < -0.4 is 0 Å². The third-order valence-corrected chi connectivity index (χ3v) is 2.53. The van der Waals surface area contributed by atoms with Crippen LogP contribution in [0.2, 0.25) is 0 Å². The van der Waals surface area contributed by atoms with E-state index in [1.807, 2.05) is 0 Å². The molecular formula is C10H12BaO7S. The zero-order chi connectivity index (χ0) is 12.5. The second-order valence-corrected chi connectivity index (χ2v) is 4.25. The van der Waals surface area contributed by atoms with Gasteiger partial charge in [-0.3, -0.25) is 4.55 Å². The third-order valence-electron chi connectivity index (χ3n) is 1.70. The number of carbonyl (C=O) groups is 2. The first-order valence-electron chi connectivity index (χ1n) is 3.81. The molecule has 0 aliphatic carbocycles. The van der Waals surface area contributed by atoms with E-state index in [4.69, 9.17) is 14.8 Å². The van der Waals surface area contributed by atoms with E-state index in [1.165, 1.54) is 0 Å². The Morgan fingerprint density at radius 1 is 0.895 bits per heavy atom. The van der Waals surface area contributed by atoms with Crippen LogP contribution in [-0.4, -0.2) is 84.0 Å². The van der Waals surface area contributed by atoms with Crippen LogP contribution in [-0.2, 0) is 10.1 Å². The molecule has 1 aromatic rings. The molecule has 0 radical (unpaired) electrons. The molecule has 0 amide bonds. The summed E-state index contributed by atoms with van der Waals surface area (Å²) in [5.41, 5.74) is -1.07. The molecule has 1 rings (SSSR count). The Morgan fingerprint density at radius 3 is 1.42 bits per heavy atom. The fourth-order valence-electron chi connectivity index (χ4n) is 0.995. The number of aromatic carboxylic acids is 2. The Morgan fingerprint density at radius 2 is 1.21 bits per heavy atom. The molecule has 0 fully saturated rings. The van der Waals surface area contributed by atoms with Gasteiger partial charge in [0.2, 0.25) is 0 Å². The molecule has 0 aromatic heterocycles. The van der Waals surface area contributed by atoms with Crippen molar-refractivity contribution < 1.29 is 32.8 Å². The van der Waals surface area contributed by atoms with Gasteiger partial charge in [-0.15, -0.1) is 0 Å². The van der Waals surface area contributed by atoms with Crippen molar-refractivity contribution in [1.29, 1.82) is 0 Å². The maximum atomic E-state index is 10.8. The Bertz CT molecular complexity index is 533. The molecule has 0 heterocycles. The van der Waals surface area contributed by atoms with Crippen LogP contribution in [0.4, 0.5) is 0 Å². The van der Waals surface area contributed by atoms with Gasteiger partial charge < -0.3 is 25.1 Å². The molecule has 1 aromatic carbocycles. The summed E-state index contributed by atoms with van der Waals surface area (Å²) in [4.78, 5) is 20.4. The topological polar surface area (TPSA) is 129 Å². The predicted octanol–water partition coefficient (Wildman–Crippen LogP) is 0.849. The van der Waals surface area contributed by atoms with Gasteiger partial charge in [0.25, 0.3) is 10.1 Å². The summed E-state index contributed by atoms with van der Waals surface area (Å²) in [6, 6.07) is 2.13. The van der Waals surface area contributed by atoms with Gasteiger partial charge in [-0.25, -0.2) is 9.59 Å². The maximum Gasteiger partial charge on any atom is 2.00 e. The number of benzene rings is 1. The summed E-state index contributed by atoms with van der Waals surface area (Å²) in [5.74, 6) is -2.99. The molecule has 0 saturated heterocycles. The van der Waals surface area contributed by atoms with Gasteiger partial charge in [-0.05, 0) is 18.2 Å². The summed E-state index contributed by atoms with van der Waals surface area (Å²) >= 11 is 0. The largest absolute Gasteiger partial charge is 2.00 e. The van der Waals surface area contributed by atoms with Crippen LogP contribution in [0.3, 0.4) is 0 Å². The maximum absolute atomic E-state index is 10.8. The normalized spacial score (nSPS) is 9.32. The van der Waals surface area contributed by atoms with Crippen molar-refractivity contribution in [2.45, 2.75) is 4.90 Å². The van der Waals surface area contributed by atoms with Gasteiger partial charge in [0.05, 0.1) is 16.0 Å². The summed E-state index contributed by atoms with van der Waals surface area (Å²) in [6.07, 6.45) is 0. The Balaban J connectivity index is -0.000000853. The molecule has 0 aliphatic heterocycles. The fourth-order valence-corrected chi connectivity index (χ4v) is 1.55. The van der Waals surface area contributed by atoms with Crippen molar-refractivity contribution in [2.24, 2.45) is 0 Å². The minimum atomic E-state index is -4.64. The monoisotopic (exact) mass is 414 g/mol. The molecular weight excluding hydrogens is 401 g/mol. The van der Waals surface area contributed by atoms with Crippen LogP contribution in [0.5, 0.6) is 0 Å². The van der Waals surface area contributed by atoms with Crippen LogP contribution in [0.25, 0.3) is 0 Å². The van der Waals surface area contributed by atoms with Crippen molar-refractivity contribution in [2.75, 3.05) is 0 Å². The average Bonchev–Trinajstić information content (AvgIpc) is 2.15. The molecule has 0 unspecified atom stereocenters. The molecule has 9 heteroatoms. The second-order valence-electron chi connectivity index (χ2n) is 2.83. The second kappa shape index (κ2) is 8.74. The molecule has 0 saturated carbocycles. The molecule has 0 aliphatic rings. The summed E-state index contributed by atoms with van der Waals surface area (Å²) < 4.78 is 30.2. The van der Waals surface area contributed by atoms with Crippen molar-refractivity contribution in [3.63, 3.8) is 0 Å². The number of carboxylic acids is 2. The quantitative estimate of drug-likeness (QED) is 0.380. The molecule has 7 nitrogen and oxygen atoms in total. The summed E-state index contributed by atoms with van der Waals surface area (Å²) in [5, 5.41) is 17.2. The predicted molar refractivity (Wildman–Crippen MR) is 68.8 cm³/mol. The van der Waals surface area contributed by atoms with Crippen molar-refractivity contribution in [1.82, 2.24) is 0 Å². The van der Waals surface area contributed by atoms with Gasteiger partial charge in [-0.1, -0.05) is 0 Å². The molecule has 19 heavy (non-hydrogen) atoms.